The highest BCUT2D eigenvalue weighted by molar-refractivity contribution is 6.34. The number of para-hydroxylation sites is 1. The number of halogens is 1. The third-order valence-corrected chi connectivity index (χ3v) is 4.93. The average Bonchev–Trinajstić information content (AvgIpc) is 2.62. The second-order valence-corrected chi connectivity index (χ2v) is 7.20. The second-order valence-electron chi connectivity index (χ2n) is 6.79. The highest BCUT2D eigenvalue weighted by Crippen LogP contribution is 2.35. The highest BCUT2D eigenvalue weighted by Gasteiger charge is 2.19. The van der Waals surface area contributed by atoms with Gasteiger partial charge in [-0.15, -0.1) is 0 Å². The molecule has 0 aliphatic carbocycles. The van der Waals surface area contributed by atoms with Crippen molar-refractivity contribution in [1.82, 2.24) is 0 Å². The molecule has 0 spiro atoms. The quantitative estimate of drug-likeness (QED) is 0.806. The van der Waals surface area contributed by atoms with E-state index in [1.165, 1.54) is 12.0 Å². The maximum absolute atomic E-state index is 12.4. The minimum atomic E-state index is -0.189. The lowest BCUT2D eigenvalue weighted by Gasteiger charge is -2.31. The van der Waals surface area contributed by atoms with Gasteiger partial charge in [0.15, 0.2) is 6.61 Å². The fourth-order valence-corrected chi connectivity index (χ4v) is 3.64. The van der Waals surface area contributed by atoms with Crippen LogP contribution in [0.15, 0.2) is 36.4 Å². The number of ether oxygens (including phenoxy) is 1. The van der Waals surface area contributed by atoms with Crippen LogP contribution in [-0.2, 0) is 4.79 Å². The van der Waals surface area contributed by atoms with Crippen molar-refractivity contribution in [2.24, 2.45) is 0 Å². The molecule has 0 aromatic heterocycles. The molecule has 0 bridgehead atoms. The lowest BCUT2D eigenvalue weighted by atomic mass is 10.1. The SMILES string of the molecule is Cc1ccc(OCC(=O)Nc2cccc(Cl)c2N2CCCCC2)c(C)c1. The van der Waals surface area contributed by atoms with Crippen molar-refractivity contribution in [2.75, 3.05) is 29.9 Å². The van der Waals surface area contributed by atoms with Gasteiger partial charge in [-0.2, -0.15) is 0 Å². The number of benzene rings is 2. The van der Waals surface area contributed by atoms with E-state index in [1.54, 1.807) is 0 Å². The van der Waals surface area contributed by atoms with E-state index < -0.39 is 0 Å². The summed E-state index contributed by atoms with van der Waals surface area (Å²) in [5, 5.41) is 3.63. The smallest absolute Gasteiger partial charge is 0.262 e. The van der Waals surface area contributed by atoms with Gasteiger partial charge in [-0.3, -0.25) is 4.79 Å². The third-order valence-electron chi connectivity index (χ3n) is 4.62. The summed E-state index contributed by atoms with van der Waals surface area (Å²) in [4.78, 5) is 14.7. The maximum atomic E-state index is 12.4. The highest BCUT2D eigenvalue weighted by atomic mass is 35.5. The van der Waals surface area contributed by atoms with Gasteiger partial charge in [0, 0.05) is 13.1 Å². The molecular weight excluding hydrogens is 348 g/mol. The number of carbonyl (C=O) groups excluding carboxylic acids is 1. The minimum absolute atomic E-state index is 0.0319. The first kappa shape index (κ1) is 18.6. The van der Waals surface area contributed by atoms with Gasteiger partial charge in [0.25, 0.3) is 5.91 Å². The number of amides is 1. The van der Waals surface area contributed by atoms with Crippen LogP contribution in [0.5, 0.6) is 5.75 Å². The van der Waals surface area contributed by atoms with Gasteiger partial charge < -0.3 is 15.0 Å². The van der Waals surface area contributed by atoms with Gasteiger partial charge in [0.2, 0.25) is 0 Å². The molecule has 4 nitrogen and oxygen atoms in total. The standard InChI is InChI=1S/C21H25ClN2O2/c1-15-9-10-19(16(2)13-15)26-14-20(25)23-18-8-6-7-17(22)21(18)24-11-4-3-5-12-24/h6-10,13H,3-5,11-12,14H2,1-2H3,(H,23,25). The van der Waals surface area contributed by atoms with Crippen LogP contribution in [0.2, 0.25) is 5.02 Å². The Labute approximate surface area is 160 Å². The van der Waals surface area contributed by atoms with Crippen molar-refractivity contribution < 1.29 is 9.53 Å². The fraction of sp³-hybridized carbons (Fsp3) is 0.381. The first-order chi connectivity index (χ1) is 12.5. The Morgan fingerprint density at radius 2 is 1.92 bits per heavy atom. The summed E-state index contributed by atoms with van der Waals surface area (Å²) in [5.74, 6) is 0.540. The molecule has 1 N–H and O–H groups in total. The van der Waals surface area contributed by atoms with E-state index in [1.807, 2.05) is 50.2 Å². The van der Waals surface area contributed by atoms with E-state index in [0.717, 1.165) is 48.6 Å². The number of carbonyl (C=O) groups is 1. The zero-order chi connectivity index (χ0) is 18.5. The third kappa shape index (κ3) is 4.50. The molecule has 0 saturated carbocycles. The van der Waals surface area contributed by atoms with Crippen LogP contribution in [0.1, 0.15) is 30.4 Å². The van der Waals surface area contributed by atoms with Crippen LogP contribution >= 0.6 is 11.6 Å². The van der Waals surface area contributed by atoms with Crippen LogP contribution in [0.3, 0.4) is 0 Å². The molecule has 1 fully saturated rings. The van der Waals surface area contributed by atoms with Gasteiger partial charge in [-0.05, 0) is 56.9 Å². The summed E-state index contributed by atoms with van der Waals surface area (Å²) in [7, 11) is 0. The van der Waals surface area contributed by atoms with Gasteiger partial charge in [-0.25, -0.2) is 0 Å². The van der Waals surface area contributed by atoms with Crippen molar-refractivity contribution in [3.8, 4) is 5.75 Å². The van der Waals surface area contributed by atoms with Gasteiger partial charge in [0.05, 0.1) is 16.4 Å². The van der Waals surface area contributed by atoms with Gasteiger partial charge >= 0.3 is 0 Å². The van der Waals surface area contributed by atoms with Gasteiger partial charge in [-0.1, -0.05) is 35.4 Å². The molecule has 2 aromatic carbocycles. The van der Waals surface area contributed by atoms with Crippen molar-refractivity contribution in [2.45, 2.75) is 33.1 Å². The van der Waals surface area contributed by atoms with E-state index in [4.69, 9.17) is 16.3 Å². The summed E-state index contributed by atoms with van der Waals surface area (Å²) in [6.45, 7) is 5.91. The number of aryl methyl sites for hydroxylation is 2. The molecular formula is C21H25ClN2O2. The Balaban J connectivity index is 1.68. The van der Waals surface area contributed by atoms with Crippen LogP contribution in [-0.4, -0.2) is 25.6 Å². The molecule has 2 aromatic rings. The number of hydrogen-bond donors (Lipinski definition) is 1. The van der Waals surface area contributed by atoms with E-state index in [2.05, 4.69) is 10.2 Å². The van der Waals surface area contributed by atoms with Crippen LogP contribution in [0.25, 0.3) is 0 Å². The fourth-order valence-electron chi connectivity index (χ4n) is 3.35. The first-order valence-corrected chi connectivity index (χ1v) is 9.46. The number of hydrogen-bond acceptors (Lipinski definition) is 3. The molecule has 1 aliphatic rings. The molecule has 1 saturated heterocycles. The summed E-state index contributed by atoms with van der Waals surface area (Å²) in [6, 6.07) is 11.5. The normalized spacial score (nSPS) is 14.2. The van der Waals surface area contributed by atoms with Crippen LogP contribution in [0, 0.1) is 13.8 Å². The molecule has 0 radical (unpaired) electrons. The van der Waals surface area contributed by atoms with Crippen LogP contribution in [0.4, 0.5) is 11.4 Å². The van der Waals surface area contributed by atoms with Crippen molar-refractivity contribution in [3.05, 3.63) is 52.5 Å². The Hall–Kier alpha value is -2.20. The van der Waals surface area contributed by atoms with Crippen molar-refractivity contribution in [1.29, 1.82) is 0 Å². The molecule has 1 amide bonds. The van der Waals surface area contributed by atoms with Crippen molar-refractivity contribution in [3.63, 3.8) is 0 Å². The molecule has 1 heterocycles. The van der Waals surface area contributed by atoms with E-state index in [-0.39, 0.29) is 12.5 Å². The number of nitrogens with one attached hydrogen (secondary N) is 1. The lowest BCUT2D eigenvalue weighted by molar-refractivity contribution is -0.118. The van der Waals surface area contributed by atoms with E-state index >= 15 is 0 Å². The molecule has 0 atom stereocenters. The Kier molecular flexibility index (Phi) is 6.04. The Morgan fingerprint density at radius 3 is 2.65 bits per heavy atom. The number of anilines is 2. The predicted molar refractivity (Wildman–Crippen MR) is 108 cm³/mol. The molecule has 3 rings (SSSR count). The Morgan fingerprint density at radius 1 is 1.15 bits per heavy atom. The summed E-state index contributed by atoms with van der Waals surface area (Å²) in [6.07, 6.45) is 3.54. The summed E-state index contributed by atoms with van der Waals surface area (Å²) in [5.41, 5.74) is 3.85. The van der Waals surface area contributed by atoms with Crippen LogP contribution < -0.4 is 15.0 Å². The predicted octanol–water partition coefficient (Wildman–Crippen LogP) is 4.96. The van der Waals surface area contributed by atoms with Gasteiger partial charge in [0.1, 0.15) is 5.75 Å². The van der Waals surface area contributed by atoms with E-state index in [0.29, 0.717) is 5.02 Å². The Bertz CT molecular complexity index is 786. The monoisotopic (exact) mass is 372 g/mol. The molecule has 5 heteroatoms. The molecule has 26 heavy (non-hydrogen) atoms. The average molecular weight is 373 g/mol. The number of rotatable bonds is 5. The minimum Gasteiger partial charge on any atom is -0.483 e. The second kappa shape index (κ2) is 8.45. The van der Waals surface area contributed by atoms with Crippen molar-refractivity contribution >= 4 is 28.9 Å². The topological polar surface area (TPSA) is 41.6 Å². The number of piperidine rings is 1. The largest absolute Gasteiger partial charge is 0.483 e. The number of nitrogens with zero attached hydrogens (tertiary/aromatic N) is 1. The maximum Gasteiger partial charge on any atom is 0.262 e. The zero-order valence-electron chi connectivity index (χ0n) is 15.3. The first-order valence-electron chi connectivity index (χ1n) is 9.08. The lowest BCUT2D eigenvalue weighted by Crippen LogP contribution is -2.31. The molecule has 1 aliphatic heterocycles. The molecule has 138 valence electrons. The summed E-state index contributed by atoms with van der Waals surface area (Å²) < 4.78 is 5.68. The zero-order valence-corrected chi connectivity index (χ0v) is 16.1. The summed E-state index contributed by atoms with van der Waals surface area (Å²) >= 11 is 6.43. The molecule has 0 unspecified atom stereocenters. The van der Waals surface area contributed by atoms with E-state index in [9.17, 15) is 4.79 Å².